The molecular weight excluding hydrogens is 394 g/mol. The third kappa shape index (κ3) is 6.33. The minimum absolute atomic E-state index is 0. The van der Waals surface area contributed by atoms with Gasteiger partial charge in [-0.2, -0.15) is 0 Å². The lowest BCUT2D eigenvalue weighted by Gasteiger charge is -2.22. The molecule has 2 aromatic rings. The van der Waals surface area contributed by atoms with Crippen LogP contribution in [0.5, 0.6) is 11.5 Å². The summed E-state index contributed by atoms with van der Waals surface area (Å²) in [5, 5.41) is 14.4. The van der Waals surface area contributed by atoms with Crippen LogP contribution >= 0.6 is 12.4 Å². The fourth-order valence-corrected chi connectivity index (χ4v) is 3.17. The number of benzene rings is 1. The summed E-state index contributed by atoms with van der Waals surface area (Å²) >= 11 is 0. The normalized spacial score (nSPS) is 14.1. The topological polar surface area (TPSA) is 90.3 Å². The largest absolute Gasteiger partial charge is 0.493 e. The third-order valence-corrected chi connectivity index (χ3v) is 4.86. The quantitative estimate of drug-likeness (QED) is 0.603. The summed E-state index contributed by atoms with van der Waals surface area (Å²) in [5.41, 5.74) is 1.27. The number of nitrogens with zero attached hydrogens (tertiary/aromatic N) is 3. The molecule has 2 N–H and O–H groups in total. The van der Waals surface area contributed by atoms with Gasteiger partial charge in [0.1, 0.15) is 0 Å². The van der Waals surface area contributed by atoms with Crippen LogP contribution in [0.3, 0.4) is 0 Å². The van der Waals surface area contributed by atoms with Gasteiger partial charge in [0.25, 0.3) is 5.91 Å². The summed E-state index contributed by atoms with van der Waals surface area (Å²) in [6.45, 7) is 5.09. The van der Waals surface area contributed by atoms with Gasteiger partial charge < -0.3 is 20.1 Å². The standard InChI is InChI=1S/C20H29N5O3.ClH/c1-3-4-11-28-18-6-5-15(12-19(18)27-2)13-22-20(26)17-14-25(24-23-17)16-7-9-21-10-8-16;/h5-6,12,14,16,21H,3-4,7-11,13H2,1-2H3,(H,22,26);1H. The molecule has 0 saturated carbocycles. The average molecular weight is 424 g/mol. The molecule has 160 valence electrons. The number of hydrogen-bond acceptors (Lipinski definition) is 6. The van der Waals surface area contributed by atoms with Crippen molar-refractivity contribution in [3.8, 4) is 11.5 Å². The average Bonchev–Trinajstić information content (AvgIpc) is 3.24. The maximum absolute atomic E-state index is 12.4. The molecule has 3 rings (SSSR count). The van der Waals surface area contributed by atoms with E-state index in [0.717, 1.165) is 50.1 Å². The van der Waals surface area contributed by atoms with Crippen LogP contribution in [-0.2, 0) is 6.54 Å². The number of amides is 1. The first-order valence-corrected chi connectivity index (χ1v) is 9.91. The van der Waals surface area contributed by atoms with Crippen molar-refractivity contribution in [2.75, 3.05) is 26.8 Å². The van der Waals surface area contributed by atoms with Crippen LogP contribution in [0, 0.1) is 0 Å². The molecule has 1 aromatic carbocycles. The highest BCUT2D eigenvalue weighted by Crippen LogP contribution is 2.28. The molecule has 1 aliphatic rings. The van der Waals surface area contributed by atoms with Gasteiger partial charge in [-0.1, -0.05) is 24.6 Å². The minimum Gasteiger partial charge on any atom is -0.493 e. The molecule has 2 heterocycles. The number of unbranched alkanes of at least 4 members (excludes halogenated alkanes) is 1. The molecule has 0 unspecified atom stereocenters. The van der Waals surface area contributed by atoms with Crippen LogP contribution in [0.15, 0.2) is 24.4 Å². The molecule has 1 aromatic heterocycles. The molecule has 0 spiro atoms. The van der Waals surface area contributed by atoms with E-state index in [2.05, 4.69) is 27.9 Å². The zero-order valence-corrected chi connectivity index (χ0v) is 17.8. The molecule has 8 nitrogen and oxygen atoms in total. The Morgan fingerprint density at radius 3 is 2.83 bits per heavy atom. The second-order valence-corrected chi connectivity index (χ2v) is 6.93. The molecule has 1 saturated heterocycles. The van der Waals surface area contributed by atoms with E-state index < -0.39 is 0 Å². The van der Waals surface area contributed by atoms with Crippen molar-refractivity contribution >= 4 is 18.3 Å². The monoisotopic (exact) mass is 423 g/mol. The summed E-state index contributed by atoms with van der Waals surface area (Å²) in [4.78, 5) is 12.4. The summed E-state index contributed by atoms with van der Waals surface area (Å²) < 4.78 is 13.0. The molecule has 1 aliphatic heterocycles. The Morgan fingerprint density at radius 2 is 2.10 bits per heavy atom. The predicted molar refractivity (Wildman–Crippen MR) is 113 cm³/mol. The second-order valence-electron chi connectivity index (χ2n) is 6.93. The van der Waals surface area contributed by atoms with Crippen LogP contribution in [0.4, 0.5) is 0 Å². The highest BCUT2D eigenvalue weighted by atomic mass is 35.5. The Labute approximate surface area is 177 Å². The van der Waals surface area contributed by atoms with Gasteiger partial charge in [-0.15, -0.1) is 17.5 Å². The second kappa shape index (κ2) is 11.6. The lowest BCUT2D eigenvalue weighted by Crippen LogP contribution is -2.29. The Morgan fingerprint density at radius 1 is 1.31 bits per heavy atom. The van der Waals surface area contributed by atoms with E-state index in [-0.39, 0.29) is 18.3 Å². The zero-order valence-electron chi connectivity index (χ0n) is 17.0. The van der Waals surface area contributed by atoms with Crippen molar-refractivity contribution in [3.05, 3.63) is 35.7 Å². The van der Waals surface area contributed by atoms with Crippen molar-refractivity contribution in [1.29, 1.82) is 0 Å². The fourth-order valence-electron chi connectivity index (χ4n) is 3.17. The van der Waals surface area contributed by atoms with Crippen molar-refractivity contribution in [3.63, 3.8) is 0 Å². The molecule has 0 radical (unpaired) electrons. The number of nitrogens with one attached hydrogen (secondary N) is 2. The van der Waals surface area contributed by atoms with E-state index in [4.69, 9.17) is 9.47 Å². The number of hydrogen-bond donors (Lipinski definition) is 2. The maximum atomic E-state index is 12.4. The Balaban J connectivity index is 0.00000300. The minimum atomic E-state index is -0.234. The van der Waals surface area contributed by atoms with Crippen LogP contribution in [0.1, 0.15) is 54.7 Å². The molecule has 0 aliphatic carbocycles. The number of ether oxygens (including phenoxy) is 2. The Kier molecular flexibility index (Phi) is 9.21. The van der Waals surface area contributed by atoms with Crippen LogP contribution < -0.4 is 20.1 Å². The van der Waals surface area contributed by atoms with Crippen molar-refractivity contribution in [2.24, 2.45) is 0 Å². The lowest BCUT2D eigenvalue weighted by molar-refractivity contribution is 0.0945. The zero-order chi connectivity index (χ0) is 19.8. The lowest BCUT2D eigenvalue weighted by atomic mass is 10.1. The first-order chi connectivity index (χ1) is 13.7. The smallest absolute Gasteiger partial charge is 0.273 e. The van der Waals surface area contributed by atoms with Gasteiger partial charge in [0.2, 0.25) is 0 Å². The Bertz CT molecular complexity index is 777. The van der Waals surface area contributed by atoms with Crippen molar-refractivity contribution < 1.29 is 14.3 Å². The van der Waals surface area contributed by atoms with Crippen LogP contribution in [-0.4, -0.2) is 47.7 Å². The molecule has 9 heteroatoms. The van der Waals surface area contributed by atoms with Gasteiger partial charge in [-0.05, 0) is 50.0 Å². The highest BCUT2D eigenvalue weighted by Gasteiger charge is 2.18. The maximum Gasteiger partial charge on any atom is 0.273 e. The van der Waals surface area contributed by atoms with Gasteiger partial charge in [0.15, 0.2) is 17.2 Å². The molecular formula is C20H30ClN5O3. The van der Waals surface area contributed by atoms with Crippen molar-refractivity contribution in [2.45, 2.75) is 45.2 Å². The summed E-state index contributed by atoms with van der Waals surface area (Å²) in [6, 6.07) is 5.99. The molecule has 29 heavy (non-hydrogen) atoms. The number of methoxy groups -OCH3 is 1. The van der Waals surface area contributed by atoms with Gasteiger partial charge >= 0.3 is 0 Å². The number of rotatable bonds is 9. The fraction of sp³-hybridized carbons (Fsp3) is 0.550. The van der Waals surface area contributed by atoms with Gasteiger partial charge in [0, 0.05) is 6.54 Å². The molecule has 0 atom stereocenters. The van der Waals surface area contributed by atoms with E-state index in [1.807, 2.05) is 18.2 Å². The number of carbonyl (C=O) groups is 1. The van der Waals surface area contributed by atoms with Crippen LogP contribution in [0.25, 0.3) is 0 Å². The number of piperidine rings is 1. The van der Waals surface area contributed by atoms with Crippen LogP contribution in [0.2, 0.25) is 0 Å². The molecule has 1 fully saturated rings. The van der Waals surface area contributed by atoms with E-state index in [0.29, 0.717) is 30.6 Å². The Hall–Kier alpha value is -2.32. The SMILES string of the molecule is CCCCOc1ccc(CNC(=O)c2cn(C3CCNCC3)nn2)cc1OC.Cl. The number of carbonyl (C=O) groups excluding carboxylic acids is 1. The summed E-state index contributed by atoms with van der Waals surface area (Å²) in [7, 11) is 1.61. The van der Waals surface area contributed by atoms with Crippen molar-refractivity contribution in [1.82, 2.24) is 25.6 Å². The van der Waals surface area contributed by atoms with Gasteiger partial charge in [-0.3, -0.25) is 4.79 Å². The van der Waals surface area contributed by atoms with Gasteiger partial charge in [-0.25, -0.2) is 4.68 Å². The third-order valence-electron chi connectivity index (χ3n) is 4.86. The van der Waals surface area contributed by atoms with E-state index in [9.17, 15) is 4.79 Å². The summed E-state index contributed by atoms with van der Waals surface area (Å²) in [6.07, 6.45) is 5.80. The summed E-state index contributed by atoms with van der Waals surface area (Å²) in [5.74, 6) is 1.15. The first kappa shape index (κ1) is 23.0. The van der Waals surface area contributed by atoms with Gasteiger partial charge in [0.05, 0.1) is 26.0 Å². The predicted octanol–water partition coefficient (Wildman–Crippen LogP) is 2.74. The number of aromatic nitrogens is 3. The number of halogens is 1. The molecule has 0 bridgehead atoms. The van der Waals surface area contributed by atoms with E-state index in [1.165, 1.54) is 0 Å². The highest BCUT2D eigenvalue weighted by molar-refractivity contribution is 5.91. The first-order valence-electron chi connectivity index (χ1n) is 9.91. The molecule has 1 amide bonds. The van der Waals surface area contributed by atoms with E-state index >= 15 is 0 Å². The van der Waals surface area contributed by atoms with E-state index in [1.54, 1.807) is 18.0 Å².